The lowest BCUT2D eigenvalue weighted by atomic mass is 9.71. The lowest BCUT2D eigenvalue weighted by molar-refractivity contribution is -0.142. The van der Waals surface area contributed by atoms with Gasteiger partial charge in [0.15, 0.2) is 0 Å². The van der Waals surface area contributed by atoms with Crippen LogP contribution in [0.1, 0.15) is 32.1 Å². The molecule has 1 aliphatic carbocycles. The maximum atomic E-state index is 12.5. The third kappa shape index (κ3) is 4.02. The van der Waals surface area contributed by atoms with Crippen molar-refractivity contribution in [3.63, 3.8) is 0 Å². The number of hydrogen-bond acceptors (Lipinski definition) is 5. The molecule has 0 aromatic heterocycles. The van der Waals surface area contributed by atoms with Crippen molar-refractivity contribution in [2.75, 3.05) is 26.7 Å². The van der Waals surface area contributed by atoms with Gasteiger partial charge in [-0.3, -0.25) is 4.79 Å². The molecule has 1 amide bonds. The first-order chi connectivity index (χ1) is 12.3. The molecule has 26 heavy (non-hydrogen) atoms. The van der Waals surface area contributed by atoms with Gasteiger partial charge in [-0.15, -0.1) is 0 Å². The van der Waals surface area contributed by atoms with E-state index in [-0.39, 0.29) is 23.3 Å². The Bertz CT molecular complexity index is 749. The minimum atomic E-state index is -3.76. The molecule has 0 unspecified atom stereocenters. The largest absolute Gasteiger partial charge is 0.497 e. The van der Waals surface area contributed by atoms with Crippen LogP contribution in [-0.2, 0) is 14.8 Å². The molecular weight excluding hydrogens is 356 g/mol. The van der Waals surface area contributed by atoms with E-state index in [0.29, 0.717) is 25.3 Å². The van der Waals surface area contributed by atoms with E-state index >= 15 is 0 Å². The van der Waals surface area contributed by atoms with Crippen LogP contribution in [-0.4, -0.2) is 56.7 Å². The predicted octanol–water partition coefficient (Wildman–Crippen LogP) is 1.13. The number of aliphatic hydroxyl groups is 1. The monoisotopic (exact) mass is 382 g/mol. The number of nitrogens with one attached hydrogen (secondary N) is 1. The highest BCUT2D eigenvalue weighted by Crippen LogP contribution is 2.39. The van der Waals surface area contributed by atoms with Crippen molar-refractivity contribution < 1.29 is 23.1 Å². The summed E-state index contributed by atoms with van der Waals surface area (Å²) < 4.78 is 32.1. The fourth-order valence-corrected chi connectivity index (χ4v) is 4.88. The maximum absolute atomic E-state index is 12.5. The Morgan fingerprint density at radius 2 is 2.04 bits per heavy atom. The second-order valence-electron chi connectivity index (χ2n) is 7.14. The lowest BCUT2D eigenvalue weighted by Crippen LogP contribution is -2.56. The molecule has 1 aromatic rings. The summed E-state index contributed by atoms with van der Waals surface area (Å²) in [6.07, 6.45) is 4.37. The molecular formula is C18H26N2O5S. The number of likely N-dealkylation sites (tertiary alicyclic amines) is 1. The average molecular weight is 382 g/mol. The van der Waals surface area contributed by atoms with E-state index in [2.05, 4.69) is 4.72 Å². The minimum Gasteiger partial charge on any atom is -0.497 e. The summed E-state index contributed by atoms with van der Waals surface area (Å²) in [4.78, 5) is 14.2. The molecule has 0 spiro atoms. The Morgan fingerprint density at radius 3 is 2.73 bits per heavy atom. The van der Waals surface area contributed by atoms with Crippen molar-refractivity contribution in [3.05, 3.63) is 24.3 Å². The van der Waals surface area contributed by atoms with Gasteiger partial charge in [-0.2, -0.15) is 0 Å². The van der Waals surface area contributed by atoms with Crippen LogP contribution in [0.5, 0.6) is 5.75 Å². The normalized spacial score (nSPS) is 26.2. The molecule has 1 aromatic carbocycles. The SMILES string of the molecule is COc1ccc(S(=O)(=O)NCC(=O)N2CC[C@@]3(O)CCCC[C@@H]3C2)cc1. The molecule has 2 fully saturated rings. The second-order valence-corrected chi connectivity index (χ2v) is 8.90. The van der Waals surface area contributed by atoms with Crippen molar-refractivity contribution in [2.24, 2.45) is 5.92 Å². The zero-order valence-electron chi connectivity index (χ0n) is 15.0. The average Bonchev–Trinajstić information content (AvgIpc) is 2.65. The highest BCUT2D eigenvalue weighted by Gasteiger charge is 2.43. The van der Waals surface area contributed by atoms with Crippen LogP contribution in [0.4, 0.5) is 0 Å². The molecule has 1 aliphatic heterocycles. The number of rotatable bonds is 5. The van der Waals surface area contributed by atoms with E-state index in [0.717, 1.165) is 25.7 Å². The van der Waals surface area contributed by atoms with Crippen molar-refractivity contribution in [3.8, 4) is 5.75 Å². The molecule has 1 heterocycles. The van der Waals surface area contributed by atoms with Gasteiger partial charge < -0.3 is 14.7 Å². The number of sulfonamides is 1. The Kier molecular flexibility index (Phi) is 5.55. The Labute approximate surface area is 154 Å². The van der Waals surface area contributed by atoms with Gasteiger partial charge in [0.25, 0.3) is 0 Å². The molecule has 1 saturated heterocycles. The molecule has 7 nitrogen and oxygen atoms in total. The number of piperidine rings is 1. The fourth-order valence-electron chi connectivity index (χ4n) is 3.90. The zero-order valence-corrected chi connectivity index (χ0v) is 15.8. The van der Waals surface area contributed by atoms with Crippen LogP contribution in [0.25, 0.3) is 0 Å². The summed E-state index contributed by atoms with van der Waals surface area (Å²) >= 11 is 0. The molecule has 0 bridgehead atoms. The molecule has 2 N–H and O–H groups in total. The van der Waals surface area contributed by atoms with Crippen molar-refractivity contribution in [1.29, 1.82) is 0 Å². The zero-order chi connectivity index (χ0) is 18.8. The van der Waals surface area contributed by atoms with Gasteiger partial charge >= 0.3 is 0 Å². The smallest absolute Gasteiger partial charge is 0.241 e. The number of fused-ring (bicyclic) bond motifs is 1. The first kappa shape index (κ1) is 19.1. The number of hydrogen-bond donors (Lipinski definition) is 2. The summed E-state index contributed by atoms with van der Waals surface area (Å²) in [6.45, 7) is 0.690. The van der Waals surface area contributed by atoms with Gasteiger partial charge in [-0.1, -0.05) is 12.8 Å². The van der Waals surface area contributed by atoms with Gasteiger partial charge in [0.05, 0.1) is 24.2 Å². The number of methoxy groups -OCH3 is 1. The molecule has 2 atom stereocenters. The van der Waals surface area contributed by atoms with Gasteiger partial charge in [-0.05, 0) is 43.5 Å². The summed E-state index contributed by atoms with van der Waals surface area (Å²) in [5.41, 5.74) is -0.655. The van der Waals surface area contributed by atoms with Crippen LogP contribution >= 0.6 is 0 Å². The number of nitrogens with zero attached hydrogens (tertiary/aromatic N) is 1. The van der Waals surface area contributed by atoms with E-state index in [4.69, 9.17) is 4.74 Å². The van der Waals surface area contributed by atoms with Crippen LogP contribution in [0.2, 0.25) is 0 Å². The summed E-state index contributed by atoms with van der Waals surface area (Å²) in [6, 6.07) is 6.00. The number of ether oxygens (including phenoxy) is 1. The van der Waals surface area contributed by atoms with E-state index in [1.54, 1.807) is 17.0 Å². The lowest BCUT2D eigenvalue weighted by Gasteiger charge is -2.47. The first-order valence-corrected chi connectivity index (χ1v) is 10.5. The number of benzene rings is 1. The third-order valence-corrected chi connectivity index (χ3v) is 6.98. The van der Waals surface area contributed by atoms with Crippen LogP contribution in [0, 0.1) is 5.92 Å². The van der Waals surface area contributed by atoms with Crippen molar-refractivity contribution in [1.82, 2.24) is 9.62 Å². The predicted molar refractivity (Wildman–Crippen MR) is 96.3 cm³/mol. The molecule has 2 aliphatic rings. The number of amides is 1. The van der Waals surface area contributed by atoms with Crippen LogP contribution < -0.4 is 9.46 Å². The van der Waals surface area contributed by atoms with Gasteiger partial charge in [0.2, 0.25) is 15.9 Å². The molecule has 8 heteroatoms. The van der Waals surface area contributed by atoms with E-state index in [1.165, 1.54) is 19.2 Å². The Balaban J connectivity index is 1.58. The highest BCUT2D eigenvalue weighted by molar-refractivity contribution is 7.89. The van der Waals surface area contributed by atoms with Gasteiger partial charge in [0.1, 0.15) is 5.75 Å². The summed E-state index contributed by atoms with van der Waals surface area (Å²) in [7, 11) is -2.25. The third-order valence-electron chi connectivity index (χ3n) is 5.56. The quantitative estimate of drug-likeness (QED) is 0.796. The fraction of sp³-hybridized carbons (Fsp3) is 0.611. The minimum absolute atomic E-state index is 0.0893. The second kappa shape index (κ2) is 7.54. The molecule has 3 rings (SSSR count). The van der Waals surface area contributed by atoms with E-state index < -0.39 is 15.6 Å². The van der Waals surface area contributed by atoms with Gasteiger partial charge in [0, 0.05) is 19.0 Å². The van der Waals surface area contributed by atoms with E-state index in [1.807, 2.05) is 0 Å². The maximum Gasteiger partial charge on any atom is 0.241 e. The standard InChI is InChI=1S/C18H26N2O5S/c1-25-15-5-7-16(8-6-15)26(23,24)19-12-17(21)20-11-10-18(22)9-3-2-4-14(18)13-20/h5-8,14,19,22H,2-4,9-13H2,1H3/t14-,18+/m1/s1. The number of carbonyl (C=O) groups is 1. The summed E-state index contributed by atoms with van der Waals surface area (Å²) in [5, 5.41) is 10.7. The number of carbonyl (C=O) groups excluding carboxylic acids is 1. The van der Waals surface area contributed by atoms with Crippen LogP contribution in [0.3, 0.4) is 0 Å². The molecule has 0 radical (unpaired) electrons. The topological polar surface area (TPSA) is 95.9 Å². The molecule has 144 valence electrons. The van der Waals surface area contributed by atoms with Crippen molar-refractivity contribution >= 4 is 15.9 Å². The van der Waals surface area contributed by atoms with Crippen LogP contribution in [0.15, 0.2) is 29.2 Å². The highest BCUT2D eigenvalue weighted by atomic mass is 32.2. The Morgan fingerprint density at radius 1 is 1.31 bits per heavy atom. The van der Waals surface area contributed by atoms with Crippen molar-refractivity contribution in [2.45, 2.75) is 42.6 Å². The first-order valence-electron chi connectivity index (χ1n) is 8.98. The van der Waals surface area contributed by atoms with Gasteiger partial charge in [-0.25, -0.2) is 13.1 Å². The van der Waals surface area contributed by atoms with E-state index in [9.17, 15) is 18.3 Å². The summed E-state index contributed by atoms with van der Waals surface area (Å²) in [5.74, 6) is 0.398. The molecule has 1 saturated carbocycles. The Hall–Kier alpha value is -1.64.